The van der Waals surface area contributed by atoms with Crippen LogP contribution >= 0.6 is 35.6 Å². The van der Waals surface area contributed by atoms with Crippen LogP contribution in [0.2, 0.25) is 5.02 Å². The molecule has 2 N–H and O–H groups in total. The first-order valence-corrected chi connectivity index (χ1v) is 9.69. The lowest BCUT2D eigenvalue weighted by molar-refractivity contribution is 0.887. The fourth-order valence-corrected chi connectivity index (χ4v) is 3.93. The Hall–Kier alpha value is -1.49. The summed E-state index contributed by atoms with van der Waals surface area (Å²) in [6.07, 6.45) is 4.01. The molecule has 0 atom stereocenters. The number of aryl methyl sites for hydroxylation is 1. The van der Waals surface area contributed by atoms with Gasteiger partial charge in [0.2, 0.25) is 0 Å². The molecule has 5 heteroatoms. The summed E-state index contributed by atoms with van der Waals surface area (Å²) < 4.78 is 0.858. The molecule has 0 unspecified atom stereocenters. The van der Waals surface area contributed by atoms with E-state index in [2.05, 4.69) is 40.8 Å². The van der Waals surface area contributed by atoms with Crippen LogP contribution in [0.1, 0.15) is 11.1 Å². The van der Waals surface area contributed by atoms with Crippen molar-refractivity contribution < 1.29 is 0 Å². The second-order valence-electron chi connectivity index (χ2n) is 5.55. The number of thiocarbonyl (C=S) groups is 1. The van der Waals surface area contributed by atoms with E-state index in [1.807, 2.05) is 24.3 Å². The summed E-state index contributed by atoms with van der Waals surface area (Å²) in [6.45, 7) is 0.852. The molecule has 0 spiro atoms. The molecule has 0 saturated heterocycles. The molecular weight excluding hydrogens is 356 g/mol. The highest BCUT2D eigenvalue weighted by atomic mass is 35.5. The van der Waals surface area contributed by atoms with E-state index in [1.54, 1.807) is 11.8 Å². The lowest BCUT2D eigenvalue weighted by Crippen LogP contribution is -2.21. The standard InChI is InChI=1S/C19H19ClN2S2/c20-16-5-3-4-14(12-16)9-11-24-19(23)21-10-8-15-13-22-18-7-2-1-6-17(15)18/h1-7,12-13,22H,8-11H2,(H,21,23). The lowest BCUT2D eigenvalue weighted by atomic mass is 10.1. The van der Waals surface area contributed by atoms with Gasteiger partial charge in [-0.05, 0) is 42.2 Å². The van der Waals surface area contributed by atoms with Gasteiger partial charge in [-0.3, -0.25) is 0 Å². The van der Waals surface area contributed by atoms with Crippen LogP contribution in [0.5, 0.6) is 0 Å². The third kappa shape index (κ3) is 4.76. The van der Waals surface area contributed by atoms with Crippen molar-refractivity contribution in [3.8, 4) is 0 Å². The number of aromatic nitrogens is 1. The Kier molecular flexibility index (Phi) is 6.18. The van der Waals surface area contributed by atoms with Gasteiger partial charge in [-0.2, -0.15) is 0 Å². The summed E-state index contributed by atoms with van der Waals surface area (Å²) in [5.74, 6) is 0.958. The number of benzene rings is 2. The molecule has 124 valence electrons. The summed E-state index contributed by atoms with van der Waals surface area (Å²) >= 11 is 13.1. The number of H-pyrrole nitrogens is 1. The zero-order valence-electron chi connectivity index (χ0n) is 13.2. The van der Waals surface area contributed by atoms with E-state index in [1.165, 1.54) is 22.0 Å². The van der Waals surface area contributed by atoms with E-state index < -0.39 is 0 Å². The highest BCUT2D eigenvalue weighted by Gasteiger charge is 2.03. The summed E-state index contributed by atoms with van der Waals surface area (Å²) in [6, 6.07) is 16.4. The predicted molar refractivity (Wildman–Crippen MR) is 110 cm³/mol. The van der Waals surface area contributed by atoms with Gasteiger partial charge in [0.1, 0.15) is 4.32 Å². The molecule has 2 aromatic carbocycles. The minimum atomic E-state index is 0.789. The van der Waals surface area contributed by atoms with Gasteiger partial charge in [0.15, 0.2) is 0 Å². The highest BCUT2D eigenvalue weighted by Crippen LogP contribution is 2.18. The molecule has 0 bridgehead atoms. The molecular formula is C19H19ClN2S2. The van der Waals surface area contributed by atoms with Gasteiger partial charge < -0.3 is 10.3 Å². The molecule has 0 aliphatic heterocycles. The summed E-state index contributed by atoms with van der Waals surface area (Å²) in [5.41, 5.74) is 3.76. The van der Waals surface area contributed by atoms with Crippen LogP contribution in [0, 0.1) is 0 Å². The first kappa shape index (κ1) is 17.3. The van der Waals surface area contributed by atoms with Gasteiger partial charge >= 0.3 is 0 Å². The third-order valence-corrected chi connectivity index (χ3v) is 5.40. The maximum atomic E-state index is 6.00. The van der Waals surface area contributed by atoms with Crippen LogP contribution in [-0.2, 0) is 12.8 Å². The number of aromatic amines is 1. The number of nitrogens with one attached hydrogen (secondary N) is 2. The monoisotopic (exact) mass is 374 g/mol. The Morgan fingerprint density at radius 2 is 2.00 bits per heavy atom. The van der Waals surface area contributed by atoms with Crippen molar-refractivity contribution >= 4 is 50.8 Å². The van der Waals surface area contributed by atoms with E-state index in [9.17, 15) is 0 Å². The summed E-state index contributed by atoms with van der Waals surface area (Å²) in [4.78, 5) is 3.31. The maximum absolute atomic E-state index is 6.00. The second-order valence-corrected chi connectivity index (χ2v) is 7.76. The average molecular weight is 375 g/mol. The van der Waals surface area contributed by atoms with Crippen LogP contribution in [0.3, 0.4) is 0 Å². The smallest absolute Gasteiger partial charge is 0.133 e. The first-order valence-electron chi connectivity index (χ1n) is 7.92. The van der Waals surface area contributed by atoms with Crippen molar-refractivity contribution in [2.24, 2.45) is 0 Å². The first-order chi connectivity index (χ1) is 11.7. The zero-order valence-corrected chi connectivity index (χ0v) is 15.6. The minimum absolute atomic E-state index is 0.789. The molecule has 2 nitrogen and oxygen atoms in total. The Morgan fingerprint density at radius 3 is 2.88 bits per heavy atom. The Labute approximate surface area is 157 Å². The normalized spacial score (nSPS) is 10.9. The largest absolute Gasteiger partial charge is 0.371 e. The molecule has 0 saturated carbocycles. The predicted octanol–water partition coefficient (Wildman–Crippen LogP) is 5.21. The number of thioether (sulfide) groups is 1. The van der Waals surface area contributed by atoms with Gasteiger partial charge in [0, 0.05) is 34.4 Å². The van der Waals surface area contributed by atoms with Crippen LogP contribution in [0.15, 0.2) is 54.7 Å². The molecule has 1 heterocycles. The maximum Gasteiger partial charge on any atom is 0.133 e. The third-order valence-electron chi connectivity index (χ3n) is 3.85. The fraction of sp³-hybridized carbons (Fsp3) is 0.211. The van der Waals surface area contributed by atoms with Gasteiger partial charge in [-0.1, -0.05) is 65.9 Å². The van der Waals surface area contributed by atoms with Crippen LogP contribution in [0.4, 0.5) is 0 Å². The fourth-order valence-electron chi connectivity index (χ4n) is 2.64. The van der Waals surface area contributed by atoms with Crippen LogP contribution < -0.4 is 5.32 Å². The van der Waals surface area contributed by atoms with E-state index in [0.29, 0.717) is 0 Å². The van der Waals surface area contributed by atoms with Crippen LogP contribution in [0.25, 0.3) is 10.9 Å². The van der Waals surface area contributed by atoms with Gasteiger partial charge in [-0.15, -0.1) is 0 Å². The molecule has 3 rings (SSSR count). The molecule has 0 fully saturated rings. The Morgan fingerprint density at radius 1 is 1.12 bits per heavy atom. The van der Waals surface area contributed by atoms with Crippen molar-refractivity contribution in [3.05, 3.63) is 70.9 Å². The van der Waals surface area contributed by atoms with Crippen molar-refractivity contribution in [2.45, 2.75) is 12.8 Å². The second kappa shape index (κ2) is 8.56. The lowest BCUT2D eigenvalue weighted by Gasteiger charge is -2.07. The van der Waals surface area contributed by atoms with E-state index in [0.717, 1.165) is 34.5 Å². The Bertz CT molecular complexity index is 829. The number of fused-ring (bicyclic) bond motifs is 1. The summed E-state index contributed by atoms with van der Waals surface area (Å²) in [7, 11) is 0. The van der Waals surface area contributed by atoms with E-state index in [-0.39, 0.29) is 0 Å². The number of para-hydroxylation sites is 1. The Balaban J connectivity index is 1.40. The van der Waals surface area contributed by atoms with Crippen molar-refractivity contribution in [3.63, 3.8) is 0 Å². The molecule has 0 radical (unpaired) electrons. The zero-order chi connectivity index (χ0) is 16.8. The molecule has 0 amide bonds. The molecule has 3 aromatic rings. The topological polar surface area (TPSA) is 27.8 Å². The van der Waals surface area contributed by atoms with Gasteiger partial charge in [0.05, 0.1) is 0 Å². The van der Waals surface area contributed by atoms with Crippen LogP contribution in [-0.4, -0.2) is 21.6 Å². The van der Waals surface area contributed by atoms with Gasteiger partial charge in [-0.25, -0.2) is 0 Å². The quantitative estimate of drug-likeness (QED) is 0.580. The highest BCUT2D eigenvalue weighted by molar-refractivity contribution is 8.22. The van der Waals surface area contributed by atoms with E-state index >= 15 is 0 Å². The molecule has 24 heavy (non-hydrogen) atoms. The number of hydrogen-bond acceptors (Lipinski definition) is 2. The molecule has 0 aliphatic rings. The van der Waals surface area contributed by atoms with Gasteiger partial charge in [0.25, 0.3) is 0 Å². The van der Waals surface area contributed by atoms with Crippen molar-refractivity contribution in [1.29, 1.82) is 0 Å². The molecule has 0 aliphatic carbocycles. The number of halogens is 1. The SMILES string of the molecule is S=C(NCCc1c[nH]c2ccccc12)SCCc1cccc(Cl)c1. The number of hydrogen-bond donors (Lipinski definition) is 2. The average Bonchev–Trinajstić information content (AvgIpc) is 2.98. The molecule has 1 aromatic heterocycles. The van der Waals surface area contributed by atoms with Crippen molar-refractivity contribution in [2.75, 3.05) is 12.3 Å². The van der Waals surface area contributed by atoms with E-state index in [4.69, 9.17) is 23.8 Å². The number of rotatable bonds is 6. The minimum Gasteiger partial charge on any atom is -0.371 e. The summed E-state index contributed by atoms with van der Waals surface area (Å²) in [5, 5.41) is 5.42. The van der Waals surface area contributed by atoms with Crippen molar-refractivity contribution in [1.82, 2.24) is 10.3 Å².